The molecule has 0 aliphatic heterocycles. The van der Waals surface area contributed by atoms with Crippen LogP contribution in [0.25, 0.3) is 0 Å². The van der Waals surface area contributed by atoms with Crippen molar-refractivity contribution in [3.8, 4) is 6.07 Å². The van der Waals surface area contributed by atoms with Crippen LogP contribution in [-0.2, 0) is 4.74 Å². The number of nitrogens with one attached hydrogen (secondary N) is 1. The highest BCUT2D eigenvalue weighted by Gasteiger charge is 2.25. The van der Waals surface area contributed by atoms with Crippen LogP contribution in [-0.4, -0.2) is 31.5 Å². The van der Waals surface area contributed by atoms with Crippen molar-refractivity contribution in [3.63, 3.8) is 0 Å². The topological polar surface area (TPSA) is 45.0 Å². The average Bonchev–Trinajstić information content (AvgIpc) is 2.19. The number of ether oxygens (including phenoxy) is 1. The molecule has 3 nitrogen and oxygen atoms in total. The molecule has 0 rings (SSSR count). The first-order valence-electron chi connectivity index (χ1n) is 5.65. The summed E-state index contributed by atoms with van der Waals surface area (Å²) in [5, 5.41) is 11.8. The Labute approximate surface area is 99.9 Å². The van der Waals surface area contributed by atoms with Gasteiger partial charge in [-0.25, -0.2) is 0 Å². The lowest BCUT2D eigenvalue weighted by Crippen LogP contribution is -2.34. The summed E-state index contributed by atoms with van der Waals surface area (Å²) < 4.78 is 40.4. The molecule has 0 aliphatic carbocycles. The first-order valence-corrected chi connectivity index (χ1v) is 5.65. The Morgan fingerprint density at radius 1 is 1.29 bits per heavy atom. The van der Waals surface area contributed by atoms with Crippen LogP contribution in [0.3, 0.4) is 0 Å². The van der Waals surface area contributed by atoms with Crippen molar-refractivity contribution in [2.75, 3.05) is 13.2 Å². The van der Waals surface area contributed by atoms with Crippen LogP contribution in [0.1, 0.15) is 33.1 Å². The molecule has 0 amide bonds. The predicted molar refractivity (Wildman–Crippen MR) is 58.4 cm³/mol. The normalized spacial score (nSPS) is 13.7. The molecule has 1 atom stereocenters. The number of rotatable bonds is 8. The van der Waals surface area contributed by atoms with Crippen molar-refractivity contribution in [1.29, 1.82) is 5.26 Å². The summed E-state index contributed by atoms with van der Waals surface area (Å²) in [6, 6.07) is 1.97. The Bertz CT molecular complexity index is 236. The van der Waals surface area contributed by atoms with Crippen LogP contribution in [0.2, 0.25) is 0 Å². The fourth-order valence-corrected chi connectivity index (χ4v) is 1.27. The summed E-state index contributed by atoms with van der Waals surface area (Å²) in [6.07, 6.45) is -4.48. The highest BCUT2D eigenvalue weighted by Crippen LogP contribution is 2.20. The van der Waals surface area contributed by atoms with E-state index >= 15 is 0 Å². The van der Waals surface area contributed by atoms with Crippen LogP contribution >= 0.6 is 0 Å². The van der Waals surface area contributed by atoms with Crippen molar-refractivity contribution in [2.24, 2.45) is 0 Å². The number of halogens is 3. The lowest BCUT2D eigenvalue weighted by atomic mass is 10.2. The molecule has 0 aromatic carbocycles. The van der Waals surface area contributed by atoms with E-state index in [9.17, 15) is 13.2 Å². The van der Waals surface area contributed by atoms with Crippen LogP contribution in [0.5, 0.6) is 0 Å². The molecule has 0 saturated carbocycles. The van der Waals surface area contributed by atoms with Gasteiger partial charge in [0.1, 0.15) is 0 Å². The number of alkyl halides is 3. The van der Waals surface area contributed by atoms with Gasteiger partial charge in [-0.3, -0.25) is 5.32 Å². The summed E-state index contributed by atoms with van der Waals surface area (Å²) in [4.78, 5) is 0. The van der Waals surface area contributed by atoms with Gasteiger partial charge in [-0.2, -0.15) is 18.4 Å². The summed E-state index contributed by atoms with van der Waals surface area (Å²) in [5.74, 6) is 0. The molecule has 0 spiro atoms. The fraction of sp³-hybridized carbons (Fsp3) is 0.909. The lowest BCUT2D eigenvalue weighted by Gasteiger charge is -2.14. The Morgan fingerprint density at radius 3 is 2.41 bits per heavy atom. The van der Waals surface area contributed by atoms with Crippen LogP contribution < -0.4 is 5.32 Å². The summed E-state index contributed by atoms with van der Waals surface area (Å²) in [7, 11) is 0. The SMILES string of the molecule is CC(C)NC(C#N)CCOCCCC(F)(F)F. The van der Waals surface area contributed by atoms with Crippen LogP contribution in [0.15, 0.2) is 0 Å². The molecule has 0 saturated heterocycles. The monoisotopic (exact) mass is 252 g/mol. The fourth-order valence-electron chi connectivity index (χ4n) is 1.27. The third kappa shape index (κ3) is 11.5. The van der Waals surface area contributed by atoms with Crippen molar-refractivity contribution < 1.29 is 17.9 Å². The van der Waals surface area contributed by atoms with Crippen molar-refractivity contribution in [3.05, 3.63) is 0 Å². The van der Waals surface area contributed by atoms with Crippen LogP contribution in [0.4, 0.5) is 13.2 Å². The zero-order valence-electron chi connectivity index (χ0n) is 10.2. The first-order chi connectivity index (χ1) is 7.85. The maximum atomic E-state index is 11.8. The highest BCUT2D eigenvalue weighted by atomic mass is 19.4. The van der Waals surface area contributed by atoms with E-state index in [0.717, 1.165) is 0 Å². The third-order valence-electron chi connectivity index (χ3n) is 1.99. The van der Waals surface area contributed by atoms with E-state index < -0.39 is 12.6 Å². The Balaban J connectivity index is 3.47. The summed E-state index contributed by atoms with van der Waals surface area (Å²) in [6.45, 7) is 4.23. The molecule has 1 unspecified atom stereocenters. The van der Waals surface area contributed by atoms with Gasteiger partial charge in [0.25, 0.3) is 0 Å². The van der Waals surface area contributed by atoms with Crippen molar-refractivity contribution in [1.82, 2.24) is 5.32 Å². The molecular weight excluding hydrogens is 233 g/mol. The largest absolute Gasteiger partial charge is 0.389 e. The zero-order valence-corrected chi connectivity index (χ0v) is 10.2. The van der Waals surface area contributed by atoms with Gasteiger partial charge in [0, 0.05) is 25.7 Å². The van der Waals surface area contributed by atoms with Crippen molar-refractivity contribution in [2.45, 2.75) is 51.4 Å². The number of nitrogens with zero attached hydrogens (tertiary/aromatic N) is 1. The number of nitriles is 1. The Kier molecular flexibility index (Phi) is 7.92. The molecule has 0 fully saturated rings. The second kappa shape index (κ2) is 8.31. The second-order valence-corrected chi connectivity index (χ2v) is 4.12. The molecule has 0 heterocycles. The lowest BCUT2D eigenvalue weighted by molar-refractivity contribution is -0.137. The van der Waals surface area contributed by atoms with Gasteiger partial charge in [0.05, 0.1) is 12.1 Å². The molecule has 0 radical (unpaired) electrons. The molecule has 0 aromatic heterocycles. The molecule has 1 N–H and O–H groups in total. The smallest absolute Gasteiger partial charge is 0.381 e. The molecule has 0 bridgehead atoms. The van der Waals surface area contributed by atoms with Gasteiger partial charge in [0.2, 0.25) is 0 Å². The van der Waals surface area contributed by atoms with E-state index in [2.05, 4.69) is 11.4 Å². The third-order valence-corrected chi connectivity index (χ3v) is 1.99. The van der Waals surface area contributed by atoms with Gasteiger partial charge in [0.15, 0.2) is 0 Å². The van der Waals surface area contributed by atoms with Gasteiger partial charge in [-0.05, 0) is 26.7 Å². The maximum Gasteiger partial charge on any atom is 0.389 e. The number of hydrogen-bond donors (Lipinski definition) is 1. The van der Waals surface area contributed by atoms with Gasteiger partial charge in [-0.15, -0.1) is 0 Å². The molecular formula is C11H19F3N2O. The van der Waals surface area contributed by atoms with E-state index in [1.165, 1.54) is 0 Å². The molecule has 0 aromatic rings. The van der Waals surface area contributed by atoms with Gasteiger partial charge < -0.3 is 4.74 Å². The molecule has 100 valence electrons. The van der Waals surface area contributed by atoms with Gasteiger partial charge >= 0.3 is 6.18 Å². The van der Waals surface area contributed by atoms with Crippen molar-refractivity contribution >= 4 is 0 Å². The first kappa shape index (κ1) is 16.2. The second-order valence-electron chi connectivity index (χ2n) is 4.12. The minimum absolute atomic E-state index is 0.0294. The number of hydrogen-bond acceptors (Lipinski definition) is 3. The molecule has 17 heavy (non-hydrogen) atoms. The van der Waals surface area contributed by atoms with E-state index in [1.54, 1.807) is 0 Å². The molecule has 6 heteroatoms. The summed E-state index contributed by atoms with van der Waals surface area (Å²) in [5.41, 5.74) is 0. The minimum Gasteiger partial charge on any atom is -0.381 e. The summed E-state index contributed by atoms with van der Waals surface area (Å²) >= 11 is 0. The average molecular weight is 252 g/mol. The highest BCUT2D eigenvalue weighted by molar-refractivity contribution is 4.90. The minimum atomic E-state index is -4.11. The van der Waals surface area contributed by atoms with Gasteiger partial charge in [-0.1, -0.05) is 0 Å². The van der Waals surface area contributed by atoms with E-state index in [4.69, 9.17) is 10.00 Å². The quantitative estimate of drug-likeness (QED) is 0.675. The van der Waals surface area contributed by atoms with Crippen LogP contribution in [0, 0.1) is 11.3 Å². The Morgan fingerprint density at radius 2 is 1.94 bits per heavy atom. The maximum absolute atomic E-state index is 11.8. The standard InChI is InChI=1S/C11H19F3N2O/c1-9(2)16-10(8-15)4-7-17-6-3-5-11(12,13)14/h9-10,16H,3-7H2,1-2H3. The predicted octanol–water partition coefficient (Wildman–Crippen LogP) is 2.63. The van der Waals surface area contributed by atoms with E-state index in [-0.39, 0.29) is 25.1 Å². The zero-order chi connectivity index (χ0) is 13.3. The Hall–Kier alpha value is -0.800. The van der Waals surface area contributed by atoms with E-state index in [0.29, 0.717) is 13.0 Å². The molecule has 0 aliphatic rings. The van der Waals surface area contributed by atoms with E-state index in [1.807, 2.05) is 13.8 Å².